The summed E-state index contributed by atoms with van der Waals surface area (Å²) in [5, 5.41) is 13.3. The Kier molecular flexibility index (Phi) is 6.42. The summed E-state index contributed by atoms with van der Waals surface area (Å²) in [4.78, 5) is 15.2. The van der Waals surface area contributed by atoms with E-state index in [1.807, 2.05) is 32.7 Å². The summed E-state index contributed by atoms with van der Waals surface area (Å²) in [7, 11) is 5.99. The second-order valence-electron chi connectivity index (χ2n) is 5.41. The lowest BCUT2D eigenvalue weighted by Gasteiger charge is -2.26. The molecule has 1 heterocycles. The molecule has 1 aromatic rings. The van der Waals surface area contributed by atoms with Crippen molar-refractivity contribution < 1.29 is 9.90 Å². The van der Waals surface area contributed by atoms with Crippen molar-refractivity contribution in [1.82, 2.24) is 14.7 Å². The van der Waals surface area contributed by atoms with Crippen LogP contribution in [0.25, 0.3) is 6.08 Å². The zero-order chi connectivity index (χ0) is 16.0. The summed E-state index contributed by atoms with van der Waals surface area (Å²) in [6.45, 7) is 6.78. The molecular weight excluding hydrogens is 268 g/mol. The maximum absolute atomic E-state index is 10.8. The van der Waals surface area contributed by atoms with Gasteiger partial charge in [0.05, 0.1) is 5.69 Å². The molecule has 0 aliphatic carbocycles. The van der Waals surface area contributed by atoms with Gasteiger partial charge in [-0.25, -0.2) is 4.79 Å². The Morgan fingerprint density at radius 1 is 1.33 bits per heavy atom. The molecule has 6 heteroatoms. The monoisotopic (exact) mass is 294 g/mol. The number of aromatic nitrogens is 2. The number of carboxylic acid groups (broad SMARTS) is 1. The highest BCUT2D eigenvalue weighted by atomic mass is 16.4. The smallest absolute Gasteiger partial charge is 0.328 e. The zero-order valence-electron chi connectivity index (χ0n) is 13.6. The van der Waals surface area contributed by atoms with Crippen molar-refractivity contribution >= 4 is 17.9 Å². The molecule has 0 saturated heterocycles. The van der Waals surface area contributed by atoms with E-state index in [0.717, 1.165) is 43.1 Å². The first kappa shape index (κ1) is 17.2. The van der Waals surface area contributed by atoms with E-state index in [4.69, 9.17) is 5.11 Å². The molecule has 21 heavy (non-hydrogen) atoms. The van der Waals surface area contributed by atoms with Gasteiger partial charge in [-0.3, -0.25) is 4.68 Å². The Morgan fingerprint density at radius 2 is 2.00 bits per heavy atom. The Bertz CT molecular complexity index is 506. The Balaban J connectivity index is 3.13. The first-order valence-corrected chi connectivity index (χ1v) is 7.21. The minimum atomic E-state index is -0.945. The van der Waals surface area contributed by atoms with Crippen LogP contribution in [0.1, 0.15) is 24.6 Å². The summed E-state index contributed by atoms with van der Waals surface area (Å²) in [6.07, 6.45) is 3.83. The van der Waals surface area contributed by atoms with Gasteiger partial charge in [-0.1, -0.05) is 6.92 Å². The van der Waals surface area contributed by atoms with Gasteiger partial charge in [-0.05, 0) is 33.5 Å². The van der Waals surface area contributed by atoms with Crippen LogP contribution in [0, 0.1) is 6.92 Å². The molecule has 6 nitrogen and oxygen atoms in total. The number of hydrogen-bond donors (Lipinski definition) is 1. The molecule has 0 unspecified atom stereocenters. The lowest BCUT2D eigenvalue weighted by molar-refractivity contribution is -0.131. The number of hydrogen-bond acceptors (Lipinski definition) is 4. The normalized spacial score (nSPS) is 11.5. The van der Waals surface area contributed by atoms with Crippen molar-refractivity contribution in [1.29, 1.82) is 0 Å². The topological polar surface area (TPSA) is 61.6 Å². The van der Waals surface area contributed by atoms with Crippen molar-refractivity contribution in [3.63, 3.8) is 0 Å². The van der Waals surface area contributed by atoms with E-state index in [1.165, 1.54) is 6.08 Å². The molecule has 118 valence electrons. The predicted octanol–water partition coefficient (Wildman–Crippen LogP) is 1.60. The third-order valence-electron chi connectivity index (χ3n) is 3.24. The van der Waals surface area contributed by atoms with Gasteiger partial charge in [0.25, 0.3) is 0 Å². The van der Waals surface area contributed by atoms with Crippen molar-refractivity contribution in [2.24, 2.45) is 7.05 Å². The minimum absolute atomic E-state index is 0.843. The van der Waals surface area contributed by atoms with E-state index in [-0.39, 0.29) is 0 Å². The number of rotatable bonds is 8. The summed E-state index contributed by atoms with van der Waals surface area (Å²) in [5.74, 6) is 0.0354. The molecular formula is C15H26N4O2. The highest BCUT2D eigenvalue weighted by Gasteiger charge is 2.17. The van der Waals surface area contributed by atoms with Crippen molar-refractivity contribution in [3.05, 3.63) is 17.3 Å². The van der Waals surface area contributed by atoms with E-state index < -0.39 is 5.97 Å². The standard InChI is InChI=1S/C15H26N4O2/c1-6-9-19(11-10-17(3)4)15-13(7-8-14(20)21)12(2)16-18(15)5/h7-8H,6,9-11H2,1-5H3,(H,20,21). The summed E-state index contributed by atoms with van der Waals surface area (Å²) in [6, 6.07) is 0. The van der Waals surface area contributed by atoms with E-state index in [1.54, 1.807) is 6.08 Å². The fourth-order valence-electron chi connectivity index (χ4n) is 2.30. The number of nitrogens with zero attached hydrogens (tertiary/aromatic N) is 4. The summed E-state index contributed by atoms with van der Waals surface area (Å²) in [5.41, 5.74) is 1.73. The number of likely N-dealkylation sites (N-methyl/N-ethyl adjacent to an activating group) is 1. The Hall–Kier alpha value is -1.82. The average molecular weight is 294 g/mol. The first-order valence-electron chi connectivity index (χ1n) is 7.21. The molecule has 0 spiro atoms. The first-order chi connectivity index (χ1) is 9.86. The quantitative estimate of drug-likeness (QED) is 0.738. The van der Waals surface area contributed by atoms with Gasteiger partial charge >= 0.3 is 5.97 Å². The van der Waals surface area contributed by atoms with Crippen LogP contribution in [0.15, 0.2) is 6.08 Å². The molecule has 0 aliphatic heterocycles. The van der Waals surface area contributed by atoms with Crippen molar-refractivity contribution in [2.45, 2.75) is 20.3 Å². The summed E-state index contributed by atoms with van der Waals surface area (Å²) < 4.78 is 1.84. The van der Waals surface area contributed by atoms with Crippen LogP contribution in [-0.2, 0) is 11.8 Å². The van der Waals surface area contributed by atoms with Crippen LogP contribution in [-0.4, -0.2) is 59.5 Å². The van der Waals surface area contributed by atoms with Gasteiger partial charge in [0.1, 0.15) is 5.82 Å². The lowest BCUT2D eigenvalue weighted by Crippen LogP contribution is -2.34. The molecule has 0 fully saturated rings. The van der Waals surface area contributed by atoms with Gasteiger partial charge in [0.15, 0.2) is 0 Å². The fraction of sp³-hybridized carbons (Fsp3) is 0.600. The molecule has 1 rings (SSSR count). The third-order valence-corrected chi connectivity index (χ3v) is 3.24. The van der Waals surface area contributed by atoms with E-state index >= 15 is 0 Å². The number of aryl methyl sites for hydroxylation is 2. The molecule has 0 aromatic carbocycles. The van der Waals surface area contributed by atoms with Gasteiger partial charge in [-0.15, -0.1) is 0 Å². The largest absolute Gasteiger partial charge is 0.478 e. The summed E-state index contributed by atoms with van der Waals surface area (Å²) >= 11 is 0. The van der Waals surface area contributed by atoms with Crippen LogP contribution in [0.2, 0.25) is 0 Å². The van der Waals surface area contributed by atoms with Gasteiger partial charge in [0, 0.05) is 38.3 Å². The van der Waals surface area contributed by atoms with Gasteiger partial charge in [0.2, 0.25) is 0 Å². The van der Waals surface area contributed by atoms with E-state index in [2.05, 4.69) is 21.8 Å². The molecule has 0 amide bonds. The minimum Gasteiger partial charge on any atom is -0.478 e. The predicted molar refractivity (Wildman–Crippen MR) is 85.7 cm³/mol. The van der Waals surface area contributed by atoms with Crippen LogP contribution < -0.4 is 4.90 Å². The second-order valence-corrected chi connectivity index (χ2v) is 5.41. The molecule has 1 aromatic heterocycles. The van der Waals surface area contributed by atoms with Gasteiger partial charge < -0.3 is 14.9 Å². The molecule has 0 radical (unpaired) electrons. The Labute approximate surface area is 126 Å². The molecule has 0 saturated carbocycles. The Morgan fingerprint density at radius 3 is 2.52 bits per heavy atom. The van der Waals surface area contributed by atoms with Crippen molar-refractivity contribution in [3.8, 4) is 0 Å². The van der Waals surface area contributed by atoms with Crippen LogP contribution in [0.3, 0.4) is 0 Å². The maximum atomic E-state index is 10.8. The highest BCUT2D eigenvalue weighted by Crippen LogP contribution is 2.25. The van der Waals surface area contributed by atoms with Crippen LogP contribution >= 0.6 is 0 Å². The molecule has 0 atom stereocenters. The maximum Gasteiger partial charge on any atom is 0.328 e. The zero-order valence-corrected chi connectivity index (χ0v) is 13.6. The average Bonchev–Trinajstić information content (AvgIpc) is 2.66. The number of carboxylic acids is 1. The third kappa shape index (κ3) is 4.90. The molecule has 0 bridgehead atoms. The van der Waals surface area contributed by atoms with Crippen LogP contribution in [0.5, 0.6) is 0 Å². The second kappa shape index (κ2) is 7.83. The number of anilines is 1. The molecule has 0 aliphatic rings. The van der Waals surface area contributed by atoms with Gasteiger partial charge in [-0.2, -0.15) is 5.10 Å². The molecule has 1 N–H and O–H groups in total. The number of carbonyl (C=O) groups is 1. The van der Waals surface area contributed by atoms with Crippen molar-refractivity contribution in [2.75, 3.05) is 38.6 Å². The SMILES string of the molecule is CCCN(CCN(C)C)c1c(C=CC(=O)O)c(C)nn1C. The van der Waals surface area contributed by atoms with E-state index in [0.29, 0.717) is 0 Å². The number of aliphatic carboxylic acids is 1. The fourth-order valence-corrected chi connectivity index (χ4v) is 2.30. The van der Waals surface area contributed by atoms with Crippen LogP contribution in [0.4, 0.5) is 5.82 Å². The highest BCUT2D eigenvalue weighted by molar-refractivity contribution is 5.87. The van der Waals surface area contributed by atoms with E-state index in [9.17, 15) is 4.79 Å². The lowest BCUT2D eigenvalue weighted by atomic mass is 10.2.